The van der Waals surface area contributed by atoms with Crippen molar-refractivity contribution < 1.29 is 9.59 Å². The van der Waals surface area contributed by atoms with E-state index in [2.05, 4.69) is 25.1 Å². The number of aldehydes is 1. The van der Waals surface area contributed by atoms with Gasteiger partial charge in [0.25, 0.3) is 0 Å². The number of benzene rings is 1. The minimum atomic E-state index is -0.552. The average molecular weight is 318 g/mol. The van der Waals surface area contributed by atoms with Gasteiger partial charge in [-0.2, -0.15) is 0 Å². The van der Waals surface area contributed by atoms with Gasteiger partial charge in [0.15, 0.2) is 6.29 Å². The van der Waals surface area contributed by atoms with Crippen LogP contribution in [0.1, 0.15) is 58.2 Å². The Labute approximate surface area is 140 Å². The molecule has 0 fully saturated rings. The Morgan fingerprint density at radius 3 is 2.22 bits per heavy atom. The topological polar surface area (TPSA) is 63.4 Å². The van der Waals surface area contributed by atoms with E-state index < -0.39 is 5.78 Å². The number of nitrogens with two attached hydrogens (primary N) is 1. The first-order valence-corrected chi connectivity index (χ1v) is 8.38. The molecule has 0 bridgehead atoms. The highest BCUT2D eigenvalue weighted by Gasteiger charge is 2.25. The van der Waals surface area contributed by atoms with Crippen molar-refractivity contribution in [1.29, 1.82) is 0 Å². The molecule has 0 saturated heterocycles. The molecule has 1 heterocycles. The molecule has 1 aliphatic rings. The minimum absolute atomic E-state index is 0.323. The largest absolute Gasteiger partial charge is 0.400 e. The predicted molar refractivity (Wildman–Crippen MR) is 95.7 cm³/mol. The summed E-state index contributed by atoms with van der Waals surface area (Å²) in [7, 11) is 0. The van der Waals surface area contributed by atoms with Gasteiger partial charge in [0.1, 0.15) is 5.70 Å². The van der Waals surface area contributed by atoms with Gasteiger partial charge < -0.3 is 10.6 Å². The van der Waals surface area contributed by atoms with E-state index >= 15 is 0 Å². The number of ketones is 1. The van der Waals surface area contributed by atoms with Crippen molar-refractivity contribution in [3.8, 4) is 0 Å². The Kier molecular flexibility index (Phi) is 9.63. The second kappa shape index (κ2) is 10.6. The molecule has 1 aromatic carbocycles. The summed E-state index contributed by atoms with van der Waals surface area (Å²) < 4.78 is 0. The zero-order chi connectivity index (χ0) is 18.0. The molecule has 0 aromatic heterocycles. The van der Waals surface area contributed by atoms with Crippen LogP contribution < -0.4 is 5.73 Å². The number of fused-ring (bicyclic) bond motifs is 1. The van der Waals surface area contributed by atoms with Crippen LogP contribution in [0.4, 0.5) is 0 Å². The Balaban J connectivity index is 0.00000112. The van der Waals surface area contributed by atoms with Crippen molar-refractivity contribution in [1.82, 2.24) is 4.90 Å². The fourth-order valence-corrected chi connectivity index (χ4v) is 2.48. The van der Waals surface area contributed by atoms with Gasteiger partial charge in [-0.1, -0.05) is 52.8 Å². The molecular formula is C19H30N2O2. The molecule has 1 aromatic rings. The summed E-state index contributed by atoms with van der Waals surface area (Å²) >= 11 is 0. The van der Waals surface area contributed by atoms with E-state index in [1.807, 2.05) is 32.6 Å². The summed E-state index contributed by atoms with van der Waals surface area (Å²) in [5, 5.41) is 0. The summed E-state index contributed by atoms with van der Waals surface area (Å²) in [6.07, 6.45) is 1.31. The summed E-state index contributed by atoms with van der Waals surface area (Å²) in [5.74, 6) is -0.552. The highest BCUT2D eigenvalue weighted by atomic mass is 16.2. The molecule has 128 valence electrons. The molecule has 0 spiro atoms. The van der Waals surface area contributed by atoms with E-state index in [4.69, 9.17) is 5.73 Å². The number of hydrogen-bond donors (Lipinski definition) is 1. The minimum Gasteiger partial charge on any atom is -0.400 e. The second-order valence-electron chi connectivity index (χ2n) is 4.83. The number of nitrogens with zero attached hydrogens (tertiary/aromatic N) is 1. The molecule has 0 aliphatic carbocycles. The summed E-state index contributed by atoms with van der Waals surface area (Å²) in [6.45, 7) is 13.0. The molecule has 2 rings (SSSR count). The monoisotopic (exact) mass is 318 g/mol. The Bertz CT molecular complexity index is 558. The standard InChI is InChI=1S/C15H18N2O2.2C2H6/c1-3-11-4-5-12-7-17(8-13(12)6-11)15(10(2)16)14(19)9-18;2*1-2/h4-6,9H,3,7-8,16H2,1-2H3;2*1-2H3/b15-10-;;. The van der Waals surface area contributed by atoms with E-state index in [0.29, 0.717) is 30.8 Å². The van der Waals surface area contributed by atoms with Gasteiger partial charge in [-0.15, -0.1) is 0 Å². The molecular weight excluding hydrogens is 288 g/mol. The van der Waals surface area contributed by atoms with E-state index in [1.54, 1.807) is 6.92 Å². The van der Waals surface area contributed by atoms with E-state index in [9.17, 15) is 9.59 Å². The third-order valence-corrected chi connectivity index (χ3v) is 3.43. The highest BCUT2D eigenvalue weighted by molar-refractivity contribution is 6.32. The van der Waals surface area contributed by atoms with E-state index in [1.165, 1.54) is 16.7 Å². The van der Waals surface area contributed by atoms with E-state index in [-0.39, 0.29) is 0 Å². The van der Waals surface area contributed by atoms with Gasteiger partial charge in [-0.3, -0.25) is 9.59 Å². The maximum Gasteiger partial charge on any atom is 0.243 e. The maximum absolute atomic E-state index is 11.7. The number of Topliss-reactive ketones (excluding diaryl/α,β-unsaturated/α-hetero) is 1. The average Bonchev–Trinajstić information content (AvgIpc) is 3.00. The number of carbonyl (C=O) groups excluding carboxylic acids is 2. The molecule has 0 radical (unpaired) electrons. The van der Waals surface area contributed by atoms with Crippen LogP contribution in [0.25, 0.3) is 0 Å². The number of carbonyl (C=O) groups is 2. The normalized spacial score (nSPS) is 12.9. The van der Waals surface area contributed by atoms with Crippen LogP contribution in [-0.4, -0.2) is 17.0 Å². The third kappa shape index (κ3) is 5.23. The lowest BCUT2D eigenvalue weighted by Crippen LogP contribution is -2.26. The van der Waals surface area contributed by atoms with Crippen LogP contribution in [0.15, 0.2) is 29.6 Å². The number of hydrogen-bond acceptors (Lipinski definition) is 4. The Morgan fingerprint density at radius 2 is 1.74 bits per heavy atom. The third-order valence-electron chi connectivity index (χ3n) is 3.43. The van der Waals surface area contributed by atoms with Gasteiger partial charge in [0.05, 0.1) is 0 Å². The lowest BCUT2D eigenvalue weighted by Gasteiger charge is -2.20. The second-order valence-corrected chi connectivity index (χ2v) is 4.83. The van der Waals surface area contributed by atoms with Crippen LogP contribution in [0.2, 0.25) is 0 Å². The van der Waals surface area contributed by atoms with Crippen molar-refractivity contribution >= 4 is 12.1 Å². The van der Waals surface area contributed by atoms with Gasteiger partial charge in [-0.05, 0) is 30.0 Å². The zero-order valence-electron chi connectivity index (χ0n) is 15.3. The number of allylic oxidation sites excluding steroid dienone is 2. The lowest BCUT2D eigenvalue weighted by atomic mass is 10.1. The van der Waals surface area contributed by atoms with Crippen LogP contribution in [0, 0.1) is 0 Å². The first kappa shape index (κ1) is 20.9. The van der Waals surface area contributed by atoms with Gasteiger partial charge in [0.2, 0.25) is 5.78 Å². The van der Waals surface area contributed by atoms with Crippen LogP contribution in [0.3, 0.4) is 0 Å². The Morgan fingerprint density at radius 1 is 1.17 bits per heavy atom. The molecule has 4 heteroatoms. The van der Waals surface area contributed by atoms with E-state index in [0.717, 1.165) is 6.42 Å². The first-order chi connectivity index (χ1) is 11.1. The van der Waals surface area contributed by atoms with Crippen LogP contribution >= 0.6 is 0 Å². The van der Waals surface area contributed by atoms with Crippen molar-refractivity contribution in [3.05, 3.63) is 46.3 Å². The fraction of sp³-hybridized carbons (Fsp3) is 0.474. The molecule has 0 amide bonds. The molecule has 0 saturated carbocycles. The van der Waals surface area contributed by atoms with Crippen molar-refractivity contribution in [2.24, 2.45) is 5.73 Å². The van der Waals surface area contributed by atoms with Gasteiger partial charge >= 0.3 is 0 Å². The summed E-state index contributed by atoms with van der Waals surface area (Å²) in [5.41, 5.74) is 10.1. The summed E-state index contributed by atoms with van der Waals surface area (Å²) in [4.78, 5) is 24.3. The molecule has 2 N–H and O–H groups in total. The smallest absolute Gasteiger partial charge is 0.243 e. The van der Waals surface area contributed by atoms with Gasteiger partial charge in [-0.25, -0.2) is 0 Å². The highest BCUT2D eigenvalue weighted by Crippen LogP contribution is 2.27. The molecule has 0 unspecified atom stereocenters. The van der Waals surface area contributed by atoms with Crippen LogP contribution in [-0.2, 0) is 29.1 Å². The molecule has 23 heavy (non-hydrogen) atoms. The maximum atomic E-state index is 11.7. The molecule has 4 nitrogen and oxygen atoms in total. The van der Waals surface area contributed by atoms with Crippen molar-refractivity contribution in [2.75, 3.05) is 0 Å². The number of rotatable bonds is 4. The predicted octanol–water partition coefficient (Wildman–Crippen LogP) is 3.58. The quantitative estimate of drug-likeness (QED) is 0.523. The van der Waals surface area contributed by atoms with Crippen LogP contribution in [0.5, 0.6) is 0 Å². The molecule has 0 atom stereocenters. The van der Waals surface area contributed by atoms with Crippen molar-refractivity contribution in [2.45, 2.75) is 61.1 Å². The zero-order valence-corrected chi connectivity index (χ0v) is 15.3. The first-order valence-electron chi connectivity index (χ1n) is 8.38. The Hall–Kier alpha value is -2.10. The number of aryl methyl sites for hydroxylation is 1. The molecule has 1 aliphatic heterocycles. The SMILES string of the molecule is CC.CC.CCc1ccc2c(c1)CN(/C(C(=O)C=O)=C(/C)N)C2. The van der Waals surface area contributed by atoms with Gasteiger partial charge in [0, 0.05) is 18.8 Å². The lowest BCUT2D eigenvalue weighted by molar-refractivity contribution is -0.128. The fourth-order valence-electron chi connectivity index (χ4n) is 2.48. The van der Waals surface area contributed by atoms with Crippen molar-refractivity contribution in [3.63, 3.8) is 0 Å². The summed E-state index contributed by atoms with van der Waals surface area (Å²) in [6, 6.07) is 6.34.